The highest BCUT2D eigenvalue weighted by Gasteiger charge is 2.34. The Morgan fingerprint density at radius 2 is 2.00 bits per heavy atom. The van der Waals surface area contributed by atoms with Crippen LogP contribution in [0.3, 0.4) is 0 Å². The molecule has 2 saturated heterocycles. The van der Waals surface area contributed by atoms with Crippen LogP contribution in [-0.4, -0.2) is 31.1 Å². The van der Waals surface area contributed by atoms with Crippen molar-refractivity contribution in [1.29, 1.82) is 0 Å². The van der Waals surface area contributed by atoms with E-state index in [0.717, 1.165) is 23.1 Å². The molecule has 2 aliphatic heterocycles. The van der Waals surface area contributed by atoms with Gasteiger partial charge in [0.15, 0.2) is 0 Å². The van der Waals surface area contributed by atoms with E-state index in [9.17, 15) is 4.79 Å². The molecule has 1 aromatic carbocycles. The Hall–Kier alpha value is -0.780. The summed E-state index contributed by atoms with van der Waals surface area (Å²) in [5.41, 5.74) is 0.670. The van der Waals surface area contributed by atoms with E-state index >= 15 is 0 Å². The number of nitrogens with one attached hydrogen (secondary N) is 2. The second kappa shape index (κ2) is 6.99. The molecule has 0 aliphatic carbocycles. The maximum Gasteiger partial charge on any atom is 0.251 e. The molecule has 2 heterocycles. The lowest BCUT2D eigenvalue weighted by Crippen LogP contribution is -2.48. The van der Waals surface area contributed by atoms with Crippen LogP contribution in [0.5, 0.6) is 5.75 Å². The summed E-state index contributed by atoms with van der Waals surface area (Å²) < 4.78 is 5.98. The van der Waals surface area contributed by atoms with Gasteiger partial charge in [0, 0.05) is 23.7 Å². The summed E-state index contributed by atoms with van der Waals surface area (Å²) in [6.07, 6.45) is 4.56. The Balaban J connectivity index is 0.00000161. The van der Waals surface area contributed by atoms with E-state index in [-0.39, 0.29) is 18.3 Å². The Bertz CT molecular complexity index is 514. The van der Waals surface area contributed by atoms with E-state index in [0.29, 0.717) is 23.7 Å². The minimum Gasteiger partial charge on any atom is -0.496 e. The average molecular weight is 376 g/mol. The minimum atomic E-state index is -0.000321. The lowest BCUT2D eigenvalue weighted by molar-refractivity contribution is 0.0924. The van der Waals surface area contributed by atoms with Crippen molar-refractivity contribution in [3.8, 4) is 5.75 Å². The molecule has 2 N–H and O–H groups in total. The standard InChI is InChI=1S/C15H19BrN2O2.ClH/c1-20-14-5-2-9(6-13(14)16)15(19)18-12-7-10-3-4-11(8-12)17-10;/h2,5-6,10-12,17H,3-4,7-8H2,1H3,(H,18,19);1H. The number of carbonyl (C=O) groups is 1. The van der Waals surface area contributed by atoms with E-state index in [1.54, 1.807) is 13.2 Å². The highest BCUT2D eigenvalue weighted by atomic mass is 79.9. The van der Waals surface area contributed by atoms with Gasteiger partial charge in [0.2, 0.25) is 0 Å². The number of carbonyl (C=O) groups excluding carboxylic acids is 1. The van der Waals surface area contributed by atoms with E-state index in [1.165, 1.54) is 12.8 Å². The first-order chi connectivity index (χ1) is 9.65. The van der Waals surface area contributed by atoms with Crippen molar-refractivity contribution in [1.82, 2.24) is 10.6 Å². The van der Waals surface area contributed by atoms with Crippen LogP contribution in [0.1, 0.15) is 36.0 Å². The van der Waals surface area contributed by atoms with E-state index in [4.69, 9.17) is 4.74 Å². The quantitative estimate of drug-likeness (QED) is 0.854. The van der Waals surface area contributed by atoms with Gasteiger partial charge in [-0.1, -0.05) is 0 Å². The van der Waals surface area contributed by atoms with Gasteiger partial charge in [-0.05, 0) is 59.8 Å². The number of piperidine rings is 1. The number of halogens is 2. The molecule has 0 saturated carbocycles. The van der Waals surface area contributed by atoms with E-state index < -0.39 is 0 Å². The van der Waals surface area contributed by atoms with Crippen molar-refractivity contribution >= 4 is 34.2 Å². The van der Waals surface area contributed by atoms with E-state index in [2.05, 4.69) is 26.6 Å². The van der Waals surface area contributed by atoms with Crippen molar-refractivity contribution in [3.63, 3.8) is 0 Å². The average Bonchev–Trinajstić information content (AvgIpc) is 2.77. The molecule has 2 fully saturated rings. The Kier molecular flexibility index (Phi) is 5.52. The van der Waals surface area contributed by atoms with Gasteiger partial charge in [0.1, 0.15) is 5.75 Å². The van der Waals surface area contributed by atoms with Gasteiger partial charge in [-0.15, -0.1) is 12.4 Å². The number of ether oxygens (including phenoxy) is 1. The normalized spacial score (nSPS) is 26.9. The third-order valence-electron chi connectivity index (χ3n) is 4.22. The SMILES string of the molecule is COc1ccc(C(=O)NC2CC3CCC(C2)N3)cc1Br.Cl. The third kappa shape index (κ3) is 3.71. The van der Waals surface area contributed by atoms with Crippen molar-refractivity contribution < 1.29 is 9.53 Å². The molecule has 2 unspecified atom stereocenters. The lowest BCUT2D eigenvalue weighted by atomic mass is 9.99. The number of fused-ring (bicyclic) bond motifs is 2. The zero-order valence-electron chi connectivity index (χ0n) is 11.9. The van der Waals surface area contributed by atoms with Crippen molar-refractivity contribution in [3.05, 3.63) is 28.2 Å². The van der Waals surface area contributed by atoms with Crippen molar-refractivity contribution in [2.24, 2.45) is 0 Å². The fourth-order valence-corrected chi connectivity index (χ4v) is 3.79. The molecule has 2 atom stereocenters. The smallest absolute Gasteiger partial charge is 0.251 e. The molecule has 0 spiro atoms. The molecule has 6 heteroatoms. The number of hydrogen-bond donors (Lipinski definition) is 2. The summed E-state index contributed by atoms with van der Waals surface area (Å²) in [6, 6.07) is 6.88. The fraction of sp³-hybridized carbons (Fsp3) is 0.533. The van der Waals surface area contributed by atoms with Gasteiger partial charge in [-0.2, -0.15) is 0 Å². The molecular weight excluding hydrogens is 356 g/mol. The van der Waals surface area contributed by atoms with Crippen molar-refractivity contribution in [2.75, 3.05) is 7.11 Å². The summed E-state index contributed by atoms with van der Waals surface area (Å²) in [7, 11) is 1.62. The second-order valence-corrected chi connectivity index (χ2v) is 6.48. The number of methoxy groups -OCH3 is 1. The molecule has 3 rings (SSSR count). The first-order valence-electron chi connectivity index (χ1n) is 7.06. The van der Waals surface area contributed by atoms with Crippen molar-refractivity contribution in [2.45, 2.75) is 43.8 Å². The van der Waals surface area contributed by atoms with Gasteiger partial charge in [-0.3, -0.25) is 4.79 Å². The van der Waals surface area contributed by atoms with Gasteiger partial charge >= 0.3 is 0 Å². The molecule has 2 aliphatic rings. The second-order valence-electron chi connectivity index (χ2n) is 5.63. The number of amides is 1. The summed E-state index contributed by atoms with van der Waals surface area (Å²) in [5, 5.41) is 6.74. The topological polar surface area (TPSA) is 50.4 Å². The van der Waals surface area contributed by atoms with Crippen LogP contribution in [0.15, 0.2) is 22.7 Å². The molecule has 1 aromatic rings. The maximum atomic E-state index is 12.3. The summed E-state index contributed by atoms with van der Waals surface area (Å²) >= 11 is 3.41. The monoisotopic (exact) mass is 374 g/mol. The predicted molar refractivity (Wildman–Crippen MR) is 88.4 cm³/mol. The molecule has 21 heavy (non-hydrogen) atoms. The Labute approximate surface area is 139 Å². The molecule has 4 nitrogen and oxygen atoms in total. The zero-order chi connectivity index (χ0) is 14.1. The van der Waals surface area contributed by atoms with Crippen LogP contribution in [0, 0.1) is 0 Å². The minimum absolute atomic E-state index is 0. The molecular formula is C15H20BrClN2O2. The molecule has 0 aromatic heterocycles. The summed E-state index contributed by atoms with van der Waals surface area (Å²) in [6.45, 7) is 0. The van der Waals surface area contributed by atoms with Crippen LogP contribution in [0.2, 0.25) is 0 Å². The fourth-order valence-electron chi connectivity index (χ4n) is 3.25. The maximum absolute atomic E-state index is 12.3. The predicted octanol–water partition coefficient (Wildman–Crippen LogP) is 2.89. The number of hydrogen-bond acceptors (Lipinski definition) is 3. The number of rotatable bonds is 3. The summed E-state index contributed by atoms with van der Waals surface area (Å²) in [5.74, 6) is 0.737. The van der Waals surface area contributed by atoms with Gasteiger partial charge < -0.3 is 15.4 Å². The van der Waals surface area contributed by atoms with Gasteiger partial charge in [-0.25, -0.2) is 0 Å². The van der Waals surface area contributed by atoms with Crippen LogP contribution >= 0.6 is 28.3 Å². The largest absolute Gasteiger partial charge is 0.496 e. The highest BCUT2D eigenvalue weighted by molar-refractivity contribution is 9.10. The Morgan fingerprint density at radius 1 is 1.33 bits per heavy atom. The van der Waals surface area contributed by atoms with Gasteiger partial charge in [0.05, 0.1) is 11.6 Å². The molecule has 1 amide bonds. The highest BCUT2D eigenvalue weighted by Crippen LogP contribution is 2.28. The third-order valence-corrected chi connectivity index (χ3v) is 4.84. The zero-order valence-corrected chi connectivity index (χ0v) is 14.3. The van der Waals surface area contributed by atoms with Gasteiger partial charge in [0.25, 0.3) is 5.91 Å². The lowest BCUT2D eigenvalue weighted by Gasteiger charge is -2.29. The van der Waals surface area contributed by atoms with Crippen LogP contribution in [0.4, 0.5) is 0 Å². The van der Waals surface area contributed by atoms with Crippen LogP contribution in [0.25, 0.3) is 0 Å². The Morgan fingerprint density at radius 3 is 2.57 bits per heavy atom. The molecule has 2 bridgehead atoms. The van der Waals surface area contributed by atoms with E-state index in [1.807, 2.05) is 12.1 Å². The summed E-state index contributed by atoms with van der Waals surface area (Å²) in [4.78, 5) is 12.3. The number of benzene rings is 1. The molecule has 0 radical (unpaired) electrons. The van der Waals surface area contributed by atoms with Crippen LogP contribution in [-0.2, 0) is 0 Å². The van der Waals surface area contributed by atoms with Crippen LogP contribution < -0.4 is 15.4 Å². The first kappa shape index (κ1) is 16.6. The first-order valence-corrected chi connectivity index (χ1v) is 7.85. The molecule has 116 valence electrons.